The molecular weight excluding hydrogens is 390 g/mol. The van der Waals surface area contributed by atoms with Crippen molar-refractivity contribution in [1.29, 1.82) is 0 Å². The van der Waals surface area contributed by atoms with Crippen molar-refractivity contribution in [2.45, 2.75) is 25.8 Å². The van der Waals surface area contributed by atoms with Gasteiger partial charge in [0.1, 0.15) is 0 Å². The molecule has 0 unspecified atom stereocenters. The predicted octanol–water partition coefficient (Wildman–Crippen LogP) is 6.16. The van der Waals surface area contributed by atoms with Gasteiger partial charge in [0.2, 0.25) is 5.95 Å². The van der Waals surface area contributed by atoms with Crippen LogP contribution in [0.1, 0.15) is 24.8 Å². The molecular formula is C24H25N5S. The minimum Gasteiger partial charge on any atom is -0.339 e. The lowest BCUT2D eigenvalue weighted by Crippen LogP contribution is -2.29. The lowest BCUT2D eigenvalue weighted by Gasteiger charge is -2.26. The molecule has 2 aromatic heterocycles. The van der Waals surface area contributed by atoms with Crippen molar-refractivity contribution in [3.05, 3.63) is 71.6 Å². The van der Waals surface area contributed by atoms with Gasteiger partial charge in [-0.25, -0.2) is 4.98 Å². The van der Waals surface area contributed by atoms with E-state index in [1.807, 2.05) is 36.4 Å². The molecule has 1 aliphatic rings. The number of rotatable bonds is 6. The maximum atomic E-state index is 4.75. The van der Waals surface area contributed by atoms with E-state index in [4.69, 9.17) is 4.98 Å². The summed E-state index contributed by atoms with van der Waals surface area (Å²) in [6.07, 6.45) is 4.01. The largest absolute Gasteiger partial charge is 0.339 e. The second-order valence-electron chi connectivity index (χ2n) is 7.68. The van der Waals surface area contributed by atoms with Crippen LogP contribution in [0.25, 0.3) is 10.2 Å². The van der Waals surface area contributed by atoms with Crippen molar-refractivity contribution >= 4 is 44.7 Å². The van der Waals surface area contributed by atoms with Gasteiger partial charge in [0, 0.05) is 17.9 Å². The molecule has 1 saturated heterocycles. The third-order valence-corrected chi connectivity index (χ3v) is 6.32. The molecule has 5 nitrogen and oxygen atoms in total. The first-order valence-electron chi connectivity index (χ1n) is 10.5. The summed E-state index contributed by atoms with van der Waals surface area (Å²) >= 11 is 1.65. The maximum Gasteiger partial charge on any atom is 0.229 e. The fourth-order valence-corrected chi connectivity index (χ4v) is 4.64. The Kier molecular flexibility index (Phi) is 5.59. The molecule has 0 atom stereocenters. The second-order valence-corrected chi connectivity index (χ2v) is 8.60. The number of para-hydroxylation sites is 1. The highest BCUT2D eigenvalue weighted by Crippen LogP contribution is 2.30. The zero-order valence-corrected chi connectivity index (χ0v) is 17.7. The van der Waals surface area contributed by atoms with Crippen LogP contribution < -0.4 is 10.6 Å². The molecule has 0 bridgehead atoms. The Hall–Kier alpha value is -2.96. The summed E-state index contributed by atoms with van der Waals surface area (Å²) in [5, 5.41) is 8.85. The highest BCUT2D eigenvalue weighted by atomic mass is 32.1. The van der Waals surface area contributed by atoms with E-state index >= 15 is 0 Å². The highest BCUT2D eigenvalue weighted by Gasteiger charge is 2.12. The van der Waals surface area contributed by atoms with Gasteiger partial charge in [-0.15, -0.1) is 11.3 Å². The van der Waals surface area contributed by atoms with Gasteiger partial charge in [-0.1, -0.05) is 36.8 Å². The number of thiophene rings is 1. The fourth-order valence-electron chi connectivity index (χ4n) is 3.86. The molecule has 3 heterocycles. The van der Waals surface area contributed by atoms with Crippen LogP contribution in [0, 0.1) is 0 Å². The number of benzene rings is 2. The molecule has 0 radical (unpaired) electrons. The van der Waals surface area contributed by atoms with E-state index < -0.39 is 0 Å². The molecule has 5 rings (SSSR count). The molecule has 0 saturated carbocycles. The Morgan fingerprint density at radius 2 is 1.57 bits per heavy atom. The first-order valence-corrected chi connectivity index (χ1v) is 11.4. The number of anilines is 4. The average Bonchev–Trinajstić information content (AvgIpc) is 3.26. The highest BCUT2D eigenvalue weighted by molar-refractivity contribution is 7.17. The Morgan fingerprint density at radius 1 is 0.800 bits per heavy atom. The van der Waals surface area contributed by atoms with Crippen molar-refractivity contribution in [1.82, 2.24) is 14.9 Å². The van der Waals surface area contributed by atoms with Gasteiger partial charge < -0.3 is 10.6 Å². The molecule has 1 aliphatic heterocycles. The van der Waals surface area contributed by atoms with Gasteiger partial charge in [0.15, 0.2) is 5.82 Å². The Bertz CT molecular complexity index is 1100. The van der Waals surface area contributed by atoms with Crippen LogP contribution in [0.5, 0.6) is 0 Å². The van der Waals surface area contributed by atoms with Crippen LogP contribution in [0.2, 0.25) is 0 Å². The van der Waals surface area contributed by atoms with E-state index in [9.17, 15) is 0 Å². The van der Waals surface area contributed by atoms with Gasteiger partial charge in [0.25, 0.3) is 0 Å². The van der Waals surface area contributed by atoms with Crippen LogP contribution in [0.15, 0.2) is 66.0 Å². The number of nitrogens with zero attached hydrogens (tertiary/aromatic N) is 3. The maximum absolute atomic E-state index is 4.75. The van der Waals surface area contributed by atoms with E-state index in [1.165, 1.54) is 37.9 Å². The molecule has 4 aromatic rings. The second kappa shape index (κ2) is 8.81. The van der Waals surface area contributed by atoms with Crippen molar-refractivity contribution < 1.29 is 0 Å². The smallest absolute Gasteiger partial charge is 0.229 e. The molecule has 2 N–H and O–H groups in total. The van der Waals surface area contributed by atoms with Gasteiger partial charge in [-0.2, -0.15) is 4.98 Å². The molecule has 0 amide bonds. The van der Waals surface area contributed by atoms with Crippen molar-refractivity contribution in [2.24, 2.45) is 0 Å². The van der Waals surface area contributed by atoms with Crippen LogP contribution in [0.3, 0.4) is 0 Å². The number of hydrogen-bond acceptors (Lipinski definition) is 6. The molecule has 30 heavy (non-hydrogen) atoms. The van der Waals surface area contributed by atoms with Crippen LogP contribution in [0.4, 0.5) is 23.1 Å². The van der Waals surface area contributed by atoms with Gasteiger partial charge in [-0.3, -0.25) is 4.90 Å². The Morgan fingerprint density at radius 3 is 2.37 bits per heavy atom. The average molecular weight is 416 g/mol. The fraction of sp³-hybridized carbons (Fsp3) is 0.250. The molecule has 2 aromatic carbocycles. The van der Waals surface area contributed by atoms with E-state index in [-0.39, 0.29) is 0 Å². The summed E-state index contributed by atoms with van der Waals surface area (Å²) in [7, 11) is 0. The van der Waals surface area contributed by atoms with E-state index in [1.54, 1.807) is 11.3 Å². The molecule has 152 valence electrons. The van der Waals surface area contributed by atoms with Crippen LogP contribution in [-0.2, 0) is 6.54 Å². The normalized spacial score (nSPS) is 14.7. The third kappa shape index (κ3) is 4.45. The van der Waals surface area contributed by atoms with E-state index in [0.717, 1.165) is 34.0 Å². The standard InChI is InChI=1S/C24H25N5S/c1-3-7-19(8-4-1)25-23-22-21(13-16-30-22)27-24(28-23)26-20-11-9-18(10-12-20)17-29-14-5-2-6-15-29/h1,3-4,7-13,16H,2,5-6,14-15,17H2,(H2,25,26,27,28). The third-order valence-electron chi connectivity index (χ3n) is 5.41. The number of hydrogen-bond donors (Lipinski definition) is 2. The summed E-state index contributed by atoms with van der Waals surface area (Å²) in [6.45, 7) is 3.46. The summed E-state index contributed by atoms with van der Waals surface area (Å²) in [5.74, 6) is 1.42. The quantitative estimate of drug-likeness (QED) is 0.395. The zero-order valence-electron chi connectivity index (χ0n) is 16.8. The molecule has 1 fully saturated rings. The van der Waals surface area contributed by atoms with Gasteiger partial charge in [-0.05, 0) is 67.2 Å². The monoisotopic (exact) mass is 415 g/mol. The summed E-state index contributed by atoms with van der Waals surface area (Å²) in [5.41, 5.74) is 4.30. The lowest BCUT2D eigenvalue weighted by molar-refractivity contribution is 0.221. The SMILES string of the molecule is c1ccc(Nc2nc(Nc3ccc(CN4CCCCC4)cc3)nc3ccsc23)cc1. The van der Waals surface area contributed by atoms with Crippen LogP contribution in [-0.4, -0.2) is 28.0 Å². The first-order chi connectivity index (χ1) is 14.8. The molecule has 0 spiro atoms. The summed E-state index contributed by atoms with van der Waals surface area (Å²) < 4.78 is 1.06. The van der Waals surface area contributed by atoms with Gasteiger partial charge in [0.05, 0.1) is 10.2 Å². The predicted molar refractivity (Wildman–Crippen MR) is 126 cm³/mol. The van der Waals surface area contributed by atoms with E-state index in [2.05, 4.69) is 50.2 Å². The number of nitrogens with one attached hydrogen (secondary N) is 2. The van der Waals surface area contributed by atoms with Crippen LogP contribution >= 0.6 is 11.3 Å². The number of fused-ring (bicyclic) bond motifs is 1. The first kappa shape index (κ1) is 19.0. The van der Waals surface area contributed by atoms with Gasteiger partial charge >= 0.3 is 0 Å². The van der Waals surface area contributed by atoms with Crippen molar-refractivity contribution in [3.63, 3.8) is 0 Å². The number of aromatic nitrogens is 2. The number of piperidine rings is 1. The minimum absolute atomic E-state index is 0.600. The summed E-state index contributed by atoms with van der Waals surface area (Å²) in [4.78, 5) is 12.0. The lowest BCUT2D eigenvalue weighted by atomic mass is 10.1. The Balaban J connectivity index is 1.33. The zero-order chi connectivity index (χ0) is 20.2. The number of likely N-dealkylation sites (tertiary alicyclic amines) is 1. The van der Waals surface area contributed by atoms with Crippen molar-refractivity contribution in [2.75, 3.05) is 23.7 Å². The minimum atomic E-state index is 0.600. The molecule has 0 aliphatic carbocycles. The molecule has 6 heteroatoms. The topological polar surface area (TPSA) is 53.1 Å². The van der Waals surface area contributed by atoms with Crippen molar-refractivity contribution in [3.8, 4) is 0 Å². The summed E-state index contributed by atoms with van der Waals surface area (Å²) in [6, 6.07) is 20.8. The Labute approximate surface area is 180 Å². The van der Waals surface area contributed by atoms with E-state index in [0.29, 0.717) is 5.95 Å².